The molecular weight excluding hydrogens is 227 g/mol. The molecule has 0 heterocycles. The molecule has 0 amide bonds. The molecule has 1 atom stereocenters. The van der Waals surface area contributed by atoms with Gasteiger partial charge in [0.1, 0.15) is 12.4 Å². The van der Waals surface area contributed by atoms with Crippen molar-refractivity contribution < 1.29 is 14.4 Å². The van der Waals surface area contributed by atoms with E-state index >= 15 is 0 Å². The number of nitrogens with zero attached hydrogens (tertiary/aromatic N) is 1. The molecule has 3 N–H and O–H groups in total. The summed E-state index contributed by atoms with van der Waals surface area (Å²) in [7, 11) is 0. The van der Waals surface area contributed by atoms with Gasteiger partial charge in [-0.1, -0.05) is 0 Å². The van der Waals surface area contributed by atoms with Crippen molar-refractivity contribution in [2.24, 2.45) is 5.73 Å². The highest BCUT2D eigenvalue weighted by Crippen LogP contribution is 2.27. The summed E-state index contributed by atoms with van der Waals surface area (Å²) in [6.07, 6.45) is 0. The number of benzene rings is 1. The van der Waals surface area contributed by atoms with Crippen molar-refractivity contribution in [3.63, 3.8) is 0 Å². The van der Waals surface area contributed by atoms with Crippen molar-refractivity contribution in [3.8, 4) is 5.75 Å². The van der Waals surface area contributed by atoms with Crippen molar-refractivity contribution in [2.75, 3.05) is 6.67 Å². The second kappa shape index (κ2) is 5.47. The quantitative estimate of drug-likeness (QED) is 0.617. The first-order valence-electron chi connectivity index (χ1n) is 3.85. The Bertz CT molecular complexity index is 362. The van der Waals surface area contributed by atoms with Crippen LogP contribution in [0.3, 0.4) is 0 Å². The predicted molar refractivity (Wildman–Crippen MR) is 54.9 cm³/mol. The minimum Gasteiger partial charge on any atom is -0.508 e. The molecule has 1 aromatic carbocycles. The standard InChI is InChI=1S/C8H9FN2O3.ClH/c9-4-7(10)6-3-5(12)1-2-8(6)11(13)14;/h1-3,7,12H,4,10H2;1H/t7-;/m1./s1. The van der Waals surface area contributed by atoms with Crippen molar-refractivity contribution in [1.29, 1.82) is 0 Å². The second-order valence-corrected chi connectivity index (χ2v) is 2.76. The summed E-state index contributed by atoms with van der Waals surface area (Å²) in [5.41, 5.74) is 5.02. The van der Waals surface area contributed by atoms with Crippen LogP contribution in [0.15, 0.2) is 18.2 Å². The van der Waals surface area contributed by atoms with E-state index in [1.54, 1.807) is 0 Å². The fourth-order valence-corrected chi connectivity index (χ4v) is 1.09. The maximum atomic E-state index is 12.2. The van der Waals surface area contributed by atoms with Crippen LogP contribution >= 0.6 is 12.4 Å². The number of halogens is 2. The lowest BCUT2D eigenvalue weighted by Crippen LogP contribution is -2.14. The van der Waals surface area contributed by atoms with Gasteiger partial charge in [-0.25, -0.2) is 4.39 Å². The molecule has 0 saturated heterocycles. The summed E-state index contributed by atoms with van der Waals surface area (Å²) in [6.45, 7) is -0.912. The van der Waals surface area contributed by atoms with E-state index in [1.165, 1.54) is 0 Å². The Balaban J connectivity index is 0.00000196. The van der Waals surface area contributed by atoms with Crippen molar-refractivity contribution in [1.82, 2.24) is 0 Å². The molecule has 0 radical (unpaired) electrons. The molecule has 0 aliphatic heterocycles. The first-order chi connectivity index (χ1) is 6.56. The second-order valence-electron chi connectivity index (χ2n) is 2.76. The van der Waals surface area contributed by atoms with Crippen molar-refractivity contribution in [3.05, 3.63) is 33.9 Å². The van der Waals surface area contributed by atoms with E-state index in [0.29, 0.717) is 0 Å². The number of nitro groups is 1. The Labute approximate surface area is 91.3 Å². The summed E-state index contributed by atoms with van der Waals surface area (Å²) in [4.78, 5) is 9.84. The molecule has 1 rings (SSSR count). The lowest BCUT2D eigenvalue weighted by molar-refractivity contribution is -0.385. The van der Waals surface area contributed by atoms with Crippen molar-refractivity contribution >= 4 is 18.1 Å². The van der Waals surface area contributed by atoms with Gasteiger partial charge in [0.05, 0.1) is 16.5 Å². The third-order valence-corrected chi connectivity index (χ3v) is 1.77. The summed E-state index contributed by atoms with van der Waals surface area (Å²) < 4.78 is 12.2. The highest BCUT2D eigenvalue weighted by Gasteiger charge is 2.19. The molecule has 0 fully saturated rings. The van der Waals surface area contributed by atoms with Gasteiger partial charge in [-0.3, -0.25) is 10.1 Å². The molecule has 15 heavy (non-hydrogen) atoms. The Hall–Kier alpha value is -1.40. The van der Waals surface area contributed by atoms with Gasteiger partial charge >= 0.3 is 0 Å². The van der Waals surface area contributed by atoms with Gasteiger partial charge in [0.2, 0.25) is 0 Å². The number of rotatable bonds is 3. The zero-order chi connectivity index (χ0) is 10.7. The Morgan fingerprint density at radius 2 is 2.20 bits per heavy atom. The van der Waals surface area contributed by atoms with E-state index in [4.69, 9.17) is 10.8 Å². The van der Waals surface area contributed by atoms with Gasteiger partial charge in [0.15, 0.2) is 0 Å². The number of aromatic hydroxyl groups is 1. The van der Waals surface area contributed by atoms with Crippen LogP contribution in [0.25, 0.3) is 0 Å². The SMILES string of the molecule is Cl.N[C@H](CF)c1cc(O)ccc1[N+](=O)[O-]. The van der Waals surface area contributed by atoms with E-state index in [0.717, 1.165) is 18.2 Å². The van der Waals surface area contributed by atoms with Crippen LogP contribution in [-0.2, 0) is 0 Å². The molecular formula is C8H10ClFN2O3. The smallest absolute Gasteiger partial charge is 0.274 e. The lowest BCUT2D eigenvalue weighted by Gasteiger charge is -2.07. The highest BCUT2D eigenvalue weighted by atomic mass is 35.5. The molecule has 7 heteroatoms. The van der Waals surface area contributed by atoms with E-state index in [9.17, 15) is 14.5 Å². The Kier molecular flexibility index (Phi) is 4.96. The lowest BCUT2D eigenvalue weighted by atomic mass is 10.1. The van der Waals surface area contributed by atoms with E-state index in [2.05, 4.69) is 0 Å². The van der Waals surface area contributed by atoms with Gasteiger partial charge in [-0.2, -0.15) is 0 Å². The molecule has 0 spiro atoms. The normalized spacial score (nSPS) is 11.6. The summed E-state index contributed by atoms with van der Waals surface area (Å²) in [6, 6.07) is 2.28. The zero-order valence-corrected chi connectivity index (χ0v) is 8.41. The third-order valence-electron chi connectivity index (χ3n) is 1.77. The van der Waals surface area contributed by atoms with Crippen LogP contribution in [0.2, 0.25) is 0 Å². The third kappa shape index (κ3) is 3.03. The summed E-state index contributed by atoms with van der Waals surface area (Å²) >= 11 is 0. The van der Waals surface area contributed by atoms with Crippen LogP contribution in [0.4, 0.5) is 10.1 Å². The van der Waals surface area contributed by atoms with Crippen LogP contribution in [0.1, 0.15) is 11.6 Å². The minimum absolute atomic E-state index is 0. The van der Waals surface area contributed by atoms with Gasteiger partial charge in [-0.05, 0) is 12.1 Å². The predicted octanol–water partition coefficient (Wildman–Crippen LogP) is 1.69. The maximum Gasteiger partial charge on any atom is 0.274 e. The van der Waals surface area contributed by atoms with E-state index < -0.39 is 17.6 Å². The van der Waals surface area contributed by atoms with E-state index in [-0.39, 0.29) is 29.4 Å². The number of hydrogen-bond donors (Lipinski definition) is 2. The monoisotopic (exact) mass is 236 g/mol. The molecule has 5 nitrogen and oxygen atoms in total. The topological polar surface area (TPSA) is 89.4 Å². The summed E-state index contributed by atoms with van der Waals surface area (Å²) in [5.74, 6) is -0.172. The van der Waals surface area contributed by atoms with E-state index in [1.807, 2.05) is 0 Å². The molecule has 0 saturated carbocycles. The van der Waals surface area contributed by atoms with Gasteiger partial charge < -0.3 is 10.8 Å². The first kappa shape index (κ1) is 13.6. The molecule has 1 aromatic rings. The van der Waals surface area contributed by atoms with Crippen LogP contribution in [-0.4, -0.2) is 16.7 Å². The molecule has 0 unspecified atom stereocenters. The molecule has 0 bridgehead atoms. The zero-order valence-electron chi connectivity index (χ0n) is 7.59. The first-order valence-corrected chi connectivity index (χ1v) is 3.85. The van der Waals surface area contributed by atoms with Gasteiger partial charge in [0.25, 0.3) is 5.69 Å². The summed E-state index contributed by atoms with van der Waals surface area (Å²) in [5, 5.41) is 19.6. The number of nitro benzene ring substituents is 1. The van der Waals surface area contributed by atoms with Crippen LogP contribution in [0.5, 0.6) is 5.75 Å². The molecule has 0 aliphatic rings. The van der Waals surface area contributed by atoms with Crippen LogP contribution < -0.4 is 5.73 Å². The number of alkyl halides is 1. The number of hydrogen-bond acceptors (Lipinski definition) is 4. The average Bonchev–Trinajstić information content (AvgIpc) is 2.16. The molecule has 0 aliphatic carbocycles. The maximum absolute atomic E-state index is 12.2. The number of nitrogens with two attached hydrogens (primary N) is 1. The fraction of sp³-hybridized carbons (Fsp3) is 0.250. The fourth-order valence-electron chi connectivity index (χ4n) is 1.09. The average molecular weight is 237 g/mol. The number of phenols is 1. The minimum atomic E-state index is -1.08. The Morgan fingerprint density at radius 3 is 2.67 bits per heavy atom. The largest absolute Gasteiger partial charge is 0.508 e. The molecule has 84 valence electrons. The van der Waals surface area contributed by atoms with Crippen molar-refractivity contribution in [2.45, 2.75) is 6.04 Å². The Morgan fingerprint density at radius 1 is 1.60 bits per heavy atom. The highest BCUT2D eigenvalue weighted by molar-refractivity contribution is 5.85. The molecule has 0 aromatic heterocycles. The number of phenolic OH excluding ortho intramolecular Hbond substituents is 1. The van der Waals surface area contributed by atoms with Gasteiger partial charge in [-0.15, -0.1) is 12.4 Å². The van der Waals surface area contributed by atoms with Crippen LogP contribution in [0, 0.1) is 10.1 Å². The van der Waals surface area contributed by atoms with Gasteiger partial charge in [0, 0.05) is 6.07 Å².